The minimum absolute atomic E-state index is 0.0631. The number of hydrogen-bond donors (Lipinski definition) is 0. The first-order valence-electron chi connectivity index (χ1n) is 6.54. The fourth-order valence-electron chi connectivity index (χ4n) is 2.44. The Morgan fingerprint density at radius 1 is 1.10 bits per heavy atom. The second-order valence-corrected chi connectivity index (χ2v) is 5.62. The van der Waals surface area contributed by atoms with Crippen LogP contribution in [0.25, 0.3) is 0 Å². The van der Waals surface area contributed by atoms with E-state index in [9.17, 15) is 0 Å². The quantitative estimate of drug-likeness (QED) is 0.800. The van der Waals surface area contributed by atoms with Crippen LogP contribution in [0.5, 0.6) is 0 Å². The highest BCUT2D eigenvalue weighted by atomic mass is 35.5. The third-order valence-electron chi connectivity index (χ3n) is 3.44. The number of para-hydroxylation sites is 1. The SMILES string of the molecule is N#C[C@@H]1C[C@@H](c2ccc(Cl)c(Cl)c2)N(c2ccccc2)O1. The Morgan fingerprint density at radius 3 is 2.52 bits per heavy atom. The first-order chi connectivity index (χ1) is 10.2. The Kier molecular flexibility index (Phi) is 4.03. The summed E-state index contributed by atoms with van der Waals surface area (Å²) in [6.07, 6.45) is 0.119. The number of hydrogen-bond acceptors (Lipinski definition) is 3. The van der Waals surface area contributed by atoms with Gasteiger partial charge in [-0.15, -0.1) is 0 Å². The molecule has 3 rings (SSSR count). The van der Waals surface area contributed by atoms with Gasteiger partial charge >= 0.3 is 0 Å². The Morgan fingerprint density at radius 2 is 1.86 bits per heavy atom. The molecule has 0 aromatic heterocycles. The standard InChI is InChI=1S/C16H12Cl2N2O/c17-14-7-6-11(8-15(14)18)16-9-13(10-19)21-20(16)12-4-2-1-3-5-12/h1-8,13,16H,9H2/t13-,16-/m0/s1. The highest BCUT2D eigenvalue weighted by Crippen LogP contribution is 2.39. The van der Waals surface area contributed by atoms with Crippen LogP contribution in [-0.4, -0.2) is 6.10 Å². The molecule has 0 aliphatic carbocycles. The smallest absolute Gasteiger partial charge is 0.174 e. The average Bonchev–Trinajstić information content (AvgIpc) is 2.95. The van der Waals surface area contributed by atoms with Crippen LogP contribution in [0.1, 0.15) is 18.0 Å². The van der Waals surface area contributed by atoms with E-state index in [0.717, 1.165) is 11.3 Å². The van der Waals surface area contributed by atoms with E-state index in [1.54, 1.807) is 11.1 Å². The minimum atomic E-state index is -0.468. The molecule has 2 aromatic carbocycles. The second-order valence-electron chi connectivity index (χ2n) is 4.81. The Labute approximate surface area is 133 Å². The molecular formula is C16H12Cl2N2O. The molecule has 1 saturated heterocycles. The van der Waals surface area contributed by atoms with Crippen LogP contribution in [-0.2, 0) is 4.84 Å². The summed E-state index contributed by atoms with van der Waals surface area (Å²) in [5.41, 5.74) is 1.89. The van der Waals surface area contributed by atoms with Gasteiger partial charge in [-0.3, -0.25) is 4.84 Å². The number of hydroxylamine groups is 1. The maximum atomic E-state index is 9.15. The second kappa shape index (κ2) is 5.95. The zero-order valence-corrected chi connectivity index (χ0v) is 12.6. The van der Waals surface area contributed by atoms with Crippen molar-refractivity contribution in [3.8, 4) is 6.07 Å². The number of benzene rings is 2. The average molecular weight is 319 g/mol. The van der Waals surface area contributed by atoms with Gasteiger partial charge in [0.05, 0.1) is 27.8 Å². The number of nitriles is 1. The summed E-state index contributed by atoms with van der Waals surface area (Å²) < 4.78 is 0. The Hall–Kier alpha value is -1.73. The van der Waals surface area contributed by atoms with E-state index in [-0.39, 0.29) is 6.04 Å². The zero-order valence-electron chi connectivity index (χ0n) is 11.0. The normalized spacial score (nSPS) is 21.3. The summed E-state index contributed by atoms with van der Waals surface area (Å²) in [7, 11) is 0. The molecule has 106 valence electrons. The van der Waals surface area contributed by atoms with Gasteiger partial charge in [-0.25, -0.2) is 5.06 Å². The van der Waals surface area contributed by atoms with Crippen molar-refractivity contribution in [2.75, 3.05) is 5.06 Å². The van der Waals surface area contributed by atoms with Gasteiger partial charge in [-0.2, -0.15) is 5.26 Å². The number of halogens is 2. The van der Waals surface area contributed by atoms with Crippen LogP contribution in [0.4, 0.5) is 5.69 Å². The highest BCUT2D eigenvalue weighted by molar-refractivity contribution is 6.42. The number of anilines is 1. The molecule has 0 saturated carbocycles. The first kappa shape index (κ1) is 14.2. The maximum Gasteiger partial charge on any atom is 0.174 e. The van der Waals surface area contributed by atoms with E-state index in [1.807, 2.05) is 42.5 Å². The lowest BCUT2D eigenvalue weighted by Crippen LogP contribution is -2.21. The molecule has 1 heterocycles. The fraction of sp³-hybridized carbons (Fsp3) is 0.188. The van der Waals surface area contributed by atoms with E-state index in [1.165, 1.54) is 0 Å². The van der Waals surface area contributed by atoms with Gasteiger partial charge in [-0.05, 0) is 29.8 Å². The molecule has 5 heteroatoms. The monoisotopic (exact) mass is 318 g/mol. The van der Waals surface area contributed by atoms with E-state index in [0.29, 0.717) is 16.5 Å². The largest absolute Gasteiger partial charge is 0.254 e. The van der Waals surface area contributed by atoms with Gasteiger partial charge in [0.25, 0.3) is 0 Å². The van der Waals surface area contributed by atoms with Crippen molar-refractivity contribution < 1.29 is 4.84 Å². The van der Waals surface area contributed by atoms with Gasteiger partial charge in [0.1, 0.15) is 0 Å². The molecule has 3 nitrogen and oxygen atoms in total. The molecule has 1 fully saturated rings. The van der Waals surface area contributed by atoms with E-state index in [2.05, 4.69) is 6.07 Å². The summed E-state index contributed by atoms with van der Waals surface area (Å²) in [6.45, 7) is 0. The van der Waals surface area contributed by atoms with Crippen LogP contribution < -0.4 is 5.06 Å². The molecule has 1 aliphatic rings. The zero-order chi connectivity index (χ0) is 14.8. The third kappa shape index (κ3) is 2.84. The predicted octanol–water partition coefficient (Wildman–Crippen LogP) is 4.77. The fourth-order valence-corrected chi connectivity index (χ4v) is 2.74. The third-order valence-corrected chi connectivity index (χ3v) is 4.18. The molecule has 1 aliphatic heterocycles. The summed E-state index contributed by atoms with van der Waals surface area (Å²) >= 11 is 12.1. The Balaban J connectivity index is 1.98. The van der Waals surface area contributed by atoms with Crippen molar-refractivity contribution in [2.24, 2.45) is 0 Å². The summed E-state index contributed by atoms with van der Waals surface area (Å²) in [5, 5.41) is 11.9. The van der Waals surface area contributed by atoms with E-state index >= 15 is 0 Å². The van der Waals surface area contributed by atoms with Crippen molar-refractivity contribution in [3.63, 3.8) is 0 Å². The molecule has 0 spiro atoms. The van der Waals surface area contributed by atoms with Crippen molar-refractivity contribution >= 4 is 28.9 Å². The molecule has 0 unspecified atom stereocenters. The molecule has 0 bridgehead atoms. The molecule has 0 radical (unpaired) electrons. The predicted molar refractivity (Wildman–Crippen MR) is 83.2 cm³/mol. The van der Waals surface area contributed by atoms with Crippen molar-refractivity contribution in [2.45, 2.75) is 18.6 Å². The van der Waals surface area contributed by atoms with Crippen molar-refractivity contribution in [3.05, 3.63) is 64.1 Å². The lowest BCUT2D eigenvalue weighted by Gasteiger charge is -2.24. The molecular weight excluding hydrogens is 307 g/mol. The molecule has 2 atom stereocenters. The summed E-state index contributed by atoms with van der Waals surface area (Å²) in [5.74, 6) is 0. The van der Waals surface area contributed by atoms with Crippen LogP contribution in [0, 0.1) is 11.3 Å². The van der Waals surface area contributed by atoms with Crippen LogP contribution in [0.15, 0.2) is 48.5 Å². The maximum absolute atomic E-state index is 9.15. The lowest BCUT2D eigenvalue weighted by atomic mass is 10.0. The van der Waals surface area contributed by atoms with Gasteiger partial charge in [0.15, 0.2) is 6.10 Å². The summed E-state index contributed by atoms with van der Waals surface area (Å²) in [4.78, 5) is 5.73. The van der Waals surface area contributed by atoms with Crippen molar-refractivity contribution in [1.82, 2.24) is 0 Å². The molecule has 0 N–H and O–H groups in total. The molecule has 2 aromatic rings. The topological polar surface area (TPSA) is 36.3 Å². The van der Waals surface area contributed by atoms with Gasteiger partial charge < -0.3 is 0 Å². The van der Waals surface area contributed by atoms with Crippen LogP contribution in [0.3, 0.4) is 0 Å². The molecule has 0 amide bonds. The van der Waals surface area contributed by atoms with E-state index < -0.39 is 6.10 Å². The van der Waals surface area contributed by atoms with Crippen LogP contribution >= 0.6 is 23.2 Å². The highest BCUT2D eigenvalue weighted by Gasteiger charge is 2.35. The number of rotatable bonds is 2. The summed E-state index contributed by atoms with van der Waals surface area (Å²) in [6, 6.07) is 17.3. The van der Waals surface area contributed by atoms with Gasteiger partial charge in [-0.1, -0.05) is 47.5 Å². The Bertz CT molecular complexity index is 684. The van der Waals surface area contributed by atoms with Crippen molar-refractivity contribution in [1.29, 1.82) is 5.26 Å². The number of nitrogens with zero attached hydrogens (tertiary/aromatic N) is 2. The lowest BCUT2D eigenvalue weighted by molar-refractivity contribution is 0.118. The van der Waals surface area contributed by atoms with Gasteiger partial charge in [0, 0.05) is 6.42 Å². The first-order valence-corrected chi connectivity index (χ1v) is 7.30. The molecule has 21 heavy (non-hydrogen) atoms. The van der Waals surface area contributed by atoms with Crippen LogP contribution in [0.2, 0.25) is 10.0 Å². The minimum Gasteiger partial charge on any atom is -0.254 e. The van der Waals surface area contributed by atoms with Gasteiger partial charge in [0.2, 0.25) is 0 Å². The van der Waals surface area contributed by atoms with E-state index in [4.69, 9.17) is 33.3 Å².